The van der Waals surface area contributed by atoms with Crippen molar-refractivity contribution in [1.29, 1.82) is 0 Å². The van der Waals surface area contributed by atoms with Crippen molar-refractivity contribution < 1.29 is 19.0 Å². The van der Waals surface area contributed by atoms with Crippen LogP contribution >= 0.6 is 0 Å². The van der Waals surface area contributed by atoms with Gasteiger partial charge in [-0.2, -0.15) is 0 Å². The molecule has 0 bridgehead atoms. The van der Waals surface area contributed by atoms with Crippen LogP contribution in [-0.4, -0.2) is 67.0 Å². The Kier molecular flexibility index (Phi) is 6.18. The van der Waals surface area contributed by atoms with Crippen molar-refractivity contribution in [3.8, 4) is 5.75 Å². The van der Waals surface area contributed by atoms with Gasteiger partial charge in [0.1, 0.15) is 17.4 Å². The van der Waals surface area contributed by atoms with Crippen LogP contribution in [0.25, 0.3) is 11.0 Å². The highest BCUT2D eigenvalue weighted by molar-refractivity contribution is 5.85. The van der Waals surface area contributed by atoms with Crippen molar-refractivity contribution >= 4 is 22.6 Å². The van der Waals surface area contributed by atoms with Crippen molar-refractivity contribution in [3.05, 3.63) is 24.5 Å². The van der Waals surface area contributed by atoms with Gasteiger partial charge in [-0.1, -0.05) is 0 Å². The van der Waals surface area contributed by atoms with Crippen molar-refractivity contribution in [2.24, 2.45) is 0 Å². The topological polar surface area (TPSA) is 85.8 Å². The second-order valence-electron chi connectivity index (χ2n) is 8.57. The molecule has 8 heteroatoms. The van der Waals surface area contributed by atoms with Crippen LogP contribution in [0.2, 0.25) is 0 Å². The third-order valence-electron chi connectivity index (χ3n) is 6.44. The molecular formula is C23H30N4O4. The van der Waals surface area contributed by atoms with E-state index in [0.717, 1.165) is 87.3 Å². The molecule has 5 rings (SSSR count). The summed E-state index contributed by atoms with van der Waals surface area (Å²) >= 11 is 0. The fourth-order valence-electron chi connectivity index (χ4n) is 4.71. The van der Waals surface area contributed by atoms with Gasteiger partial charge in [0.05, 0.1) is 24.8 Å². The molecule has 3 heterocycles. The molecule has 1 aromatic carbocycles. The van der Waals surface area contributed by atoms with Crippen LogP contribution < -0.4 is 15.0 Å². The summed E-state index contributed by atoms with van der Waals surface area (Å²) in [5.74, 6) is 0.834. The van der Waals surface area contributed by atoms with Crippen molar-refractivity contribution in [2.75, 3.05) is 37.8 Å². The minimum Gasteiger partial charge on any atom is -0.488 e. The average molecular weight is 427 g/mol. The quantitative estimate of drug-likeness (QED) is 0.786. The highest BCUT2D eigenvalue weighted by Crippen LogP contribution is 2.33. The van der Waals surface area contributed by atoms with Gasteiger partial charge in [0, 0.05) is 49.9 Å². The molecule has 8 nitrogen and oxygen atoms in total. The van der Waals surface area contributed by atoms with Gasteiger partial charge in [0.15, 0.2) is 0 Å². The van der Waals surface area contributed by atoms with Crippen LogP contribution in [0.3, 0.4) is 0 Å². The van der Waals surface area contributed by atoms with Crippen LogP contribution in [-0.2, 0) is 14.3 Å². The summed E-state index contributed by atoms with van der Waals surface area (Å²) < 4.78 is 17.4. The third-order valence-corrected chi connectivity index (χ3v) is 6.44. The molecule has 1 aliphatic carbocycles. The van der Waals surface area contributed by atoms with E-state index in [1.165, 1.54) is 0 Å². The standard InChI is InChI=1S/C23H30N4O4/c28-23(20-2-1-11-30-20)26-16-3-5-18(6-4-16)31-21-15-17(27-9-12-29-13-10-27)14-19-22(21)25-8-7-24-19/h7-8,14-16,18,20H,1-6,9-13H2,(H,26,28)/t16-,18+,20?. The third kappa shape index (κ3) is 4.75. The Morgan fingerprint density at radius 3 is 2.61 bits per heavy atom. The summed E-state index contributed by atoms with van der Waals surface area (Å²) in [6, 6.07) is 4.37. The second kappa shape index (κ2) is 9.36. The number of nitrogens with zero attached hydrogens (tertiary/aromatic N) is 3. The Morgan fingerprint density at radius 2 is 1.84 bits per heavy atom. The zero-order valence-corrected chi connectivity index (χ0v) is 17.8. The Balaban J connectivity index is 1.24. The van der Waals surface area contributed by atoms with Gasteiger partial charge in [0.25, 0.3) is 0 Å². The highest BCUT2D eigenvalue weighted by atomic mass is 16.5. The van der Waals surface area contributed by atoms with Gasteiger partial charge in [-0.25, -0.2) is 4.98 Å². The first kappa shape index (κ1) is 20.5. The van der Waals surface area contributed by atoms with Gasteiger partial charge in [-0.05, 0) is 44.6 Å². The zero-order valence-electron chi connectivity index (χ0n) is 17.8. The SMILES string of the molecule is O=C(N[C@H]1CC[C@@H](Oc2cc(N3CCOCC3)cc3nccnc23)CC1)C1CCCO1. The summed E-state index contributed by atoms with van der Waals surface area (Å²) in [4.78, 5) is 23.7. The summed E-state index contributed by atoms with van der Waals surface area (Å²) in [5, 5.41) is 3.17. The molecule has 0 radical (unpaired) electrons. The lowest BCUT2D eigenvalue weighted by atomic mass is 9.92. The predicted molar refractivity (Wildman–Crippen MR) is 116 cm³/mol. The molecule has 31 heavy (non-hydrogen) atoms. The molecule has 0 spiro atoms. The molecule has 1 unspecified atom stereocenters. The zero-order chi connectivity index (χ0) is 21.0. The Bertz CT molecular complexity index is 904. The summed E-state index contributed by atoms with van der Waals surface area (Å²) in [6.07, 6.45) is 8.71. The molecular weight excluding hydrogens is 396 g/mol. The van der Waals surface area contributed by atoms with Gasteiger partial charge in [-0.3, -0.25) is 9.78 Å². The first-order valence-electron chi connectivity index (χ1n) is 11.4. The lowest BCUT2D eigenvalue weighted by Gasteiger charge is -2.31. The molecule has 2 saturated heterocycles. The van der Waals surface area contributed by atoms with Crippen molar-refractivity contribution in [2.45, 2.75) is 56.8 Å². The number of ether oxygens (including phenoxy) is 3. The van der Waals surface area contributed by atoms with E-state index in [1.807, 2.05) is 0 Å². The van der Waals surface area contributed by atoms with E-state index in [0.29, 0.717) is 6.61 Å². The number of rotatable bonds is 5. The number of fused-ring (bicyclic) bond motifs is 1. The fraction of sp³-hybridized carbons (Fsp3) is 0.609. The number of nitrogens with one attached hydrogen (secondary N) is 1. The molecule has 3 aliphatic rings. The Labute approximate surface area is 182 Å². The van der Waals surface area contributed by atoms with Gasteiger partial charge in [0.2, 0.25) is 5.91 Å². The van der Waals surface area contributed by atoms with Crippen LogP contribution in [0.5, 0.6) is 5.75 Å². The van der Waals surface area contributed by atoms with Gasteiger partial charge in [-0.15, -0.1) is 0 Å². The van der Waals surface area contributed by atoms with Crippen LogP contribution in [0.4, 0.5) is 5.69 Å². The molecule has 2 aromatic rings. The molecule has 1 N–H and O–H groups in total. The maximum atomic E-state index is 12.3. The fourth-order valence-corrected chi connectivity index (χ4v) is 4.71. The number of benzene rings is 1. The van der Waals surface area contributed by atoms with Crippen molar-refractivity contribution in [3.63, 3.8) is 0 Å². The molecule has 1 aromatic heterocycles. The van der Waals surface area contributed by atoms with E-state index in [9.17, 15) is 4.79 Å². The predicted octanol–water partition coefficient (Wildman–Crippen LogP) is 2.45. The second-order valence-corrected chi connectivity index (χ2v) is 8.57. The smallest absolute Gasteiger partial charge is 0.249 e. The van der Waals surface area contributed by atoms with Crippen LogP contribution in [0, 0.1) is 0 Å². The van der Waals surface area contributed by atoms with E-state index >= 15 is 0 Å². The maximum Gasteiger partial charge on any atom is 0.249 e. The lowest BCUT2D eigenvalue weighted by Crippen LogP contribution is -2.44. The highest BCUT2D eigenvalue weighted by Gasteiger charge is 2.29. The molecule has 1 amide bonds. The normalized spacial score (nSPS) is 26.7. The van der Waals surface area contributed by atoms with E-state index in [2.05, 4.69) is 32.3 Å². The monoisotopic (exact) mass is 426 g/mol. The number of anilines is 1. The van der Waals surface area contributed by atoms with E-state index in [1.54, 1.807) is 12.4 Å². The lowest BCUT2D eigenvalue weighted by molar-refractivity contribution is -0.131. The molecule has 1 saturated carbocycles. The van der Waals surface area contributed by atoms with E-state index in [-0.39, 0.29) is 24.2 Å². The Hall–Kier alpha value is -2.45. The molecule has 3 fully saturated rings. The number of hydrogen-bond acceptors (Lipinski definition) is 7. The Morgan fingerprint density at radius 1 is 1.03 bits per heavy atom. The number of aromatic nitrogens is 2. The molecule has 166 valence electrons. The number of hydrogen-bond donors (Lipinski definition) is 1. The minimum atomic E-state index is -0.262. The number of carbonyl (C=O) groups excluding carboxylic acids is 1. The van der Waals surface area contributed by atoms with Gasteiger partial charge >= 0.3 is 0 Å². The summed E-state index contributed by atoms with van der Waals surface area (Å²) in [7, 11) is 0. The first-order chi connectivity index (χ1) is 15.3. The van der Waals surface area contributed by atoms with Crippen LogP contribution in [0.1, 0.15) is 38.5 Å². The molecule has 1 atom stereocenters. The van der Waals surface area contributed by atoms with E-state index < -0.39 is 0 Å². The largest absolute Gasteiger partial charge is 0.488 e. The minimum absolute atomic E-state index is 0.0429. The summed E-state index contributed by atoms with van der Waals surface area (Å²) in [5.41, 5.74) is 2.75. The maximum absolute atomic E-state index is 12.3. The number of carbonyl (C=O) groups is 1. The van der Waals surface area contributed by atoms with Gasteiger partial charge < -0.3 is 24.4 Å². The molecule has 2 aliphatic heterocycles. The summed E-state index contributed by atoms with van der Waals surface area (Å²) in [6.45, 7) is 3.88. The van der Waals surface area contributed by atoms with Crippen molar-refractivity contribution in [1.82, 2.24) is 15.3 Å². The first-order valence-corrected chi connectivity index (χ1v) is 11.4. The number of amides is 1. The van der Waals surface area contributed by atoms with E-state index in [4.69, 9.17) is 14.2 Å². The van der Waals surface area contributed by atoms with Crippen LogP contribution in [0.15, 0.2) is 24.5 Å². The average Bonchev–Trinajstić information content (AvgIpc) is 3.36. The number of morpholine rings is 1.